The number of hydrogen-bond acceptors (Lipinski definition) is 4. The predicted molar refractivity (Wildman–Crippen MR) is 76.3 cm³/mol. The first kappa shape index (κ1) is 14.1. The number of benzene rings is 1. The number of nitrogens with zero attached hydrogens (tertiary/aromatic N) is 1. The van der Waals surface area contributed by atoms with E-state index in [1.807, 2.05) is 32.0 Å². The molecular weight excluding hydrogens is 264 g/mol. The summed E-state index contributed by atoms with van der Waals surface area (Å²) in [6, 6.07) is 6.08. The normalized spacial score (nSPS) is 18.9. The molecule has 106 valence electrons. The van der Waals surface area contributed by atoms with Crippen molar-refractivity contribution < 1.29 is 13.2 Å². The maximum Gasteiger partial charge on any atom is 0.208 e. The molecule has 5 nitrogen and oxygen atoms in total. The van der Waals surface area contributed by atoms with Gasteiger partial charge in [0.05, 0.1) is 18.5 Å². The van der Waals surface area contributed by atoms with Gasteiger partial charge in [-0.3, -0.25) is 0 Å². The van der Waals surface area contributed by atoms with Crippen LogP contribution in [0.15, 0.2) is 18.2 Å². The van der Waals surface area contributed by atoms with Gasteiger partial charge in [-0.15, -0.1) is 0 Å². The maximum atomic E-state index is 11.1. The summed E-state index contributed by atoms with van der Waals surface area (Å²) >= 11 is 0. The molecule has 0 aromatic heterocycles. The number of rotatable bonds is 4. The molecule has 1 heterocycles. The lowest BCUT2D eigenvalue weighted by Crippen LogP contribution is -2.42. The van der Waals surface area contributed by atoms with E-state index in [-0.39, 0.29) is 6.10 Å². The molecule has 0 saturated heterocycles. The fourth-order valence-electron chi connectivity index (χ4n) is 2.22. The van der Waals surface area contributed by atoms with Gasteiger partial charge in [-0.25, -0.2) is 13.1 Å². The van der Waals surface area contributed by atoms with E-state index in [4.69, 9.17) is 4.74 Å². The van der Waals surface area contributed by atoms with Gasteiger partial charge >= 0.3 is 0 Å². The largest absolute Gasteiger partial charge is 0.487 e. The molecule has 0 radical (unpaired) electrons. The van der Waals surface area contributed by atoms with Gasteiger partial charge < -0.3 is 9.64 Å². The Bertz CT molecular complexity index is 557. The molecule has 0 unspecified atom stereocenters. The highest BCUT2D eigenvalue weighted by Gasteiger charge is 2.22. The molecule has 1 aromatic rings. The van der Waals surface area contributed by atoms with Crippen molar-refractivity contribution in [2.45, 2.75) is 20.0 Å². The Hall–Kier alpha value is -1.27. The smallest absolute Gasteiger partial charge is 0.208 e. The Kier molecular flexibility index (Phi) is 4.01. The van der Waals surface area contributed by atoms with Gasteiger partial charge in [0.1, 0.15) is 11.9 Å². The number of nitrogens with one attached hydrogen (secondary N) is 1. The Morgan fingerprint density at radius 2 is 2.21 bits per heavy atom. The minimum absolute atomic E-state index is 0.104. The maximum absolute atomic E-state index is 11.1. The van der Waals surface area contributed by atoms with Crippen molar-refractivity contribution in [2.75, 3.05) is 30.8 Å². The molecule has 2 rings (SSSR count). The zero-order valence-electron chi connectivity index (χ0n) is 11.5. The number of ether oxygens (including phenoxy) is 1. The van der Waals surface area contributed by atoms with Gasteiger partial charge in [0.25, 0.3) is 0 Å². The van der Waals surface area contributed by atoms with Crippen LogP contribution in [0.3, 0.4) is 0 Å². The predicted octanol–water partition coefficient (Wildman–Crippen LogP) is 1.13. The first-order chi connectivity index (χ1) is 8.85. The minimum Gasteiger partial charge on any atom is -0.487 e. The molecule has 0 amide bonds. The summed E-state index contributed by atoms with van der Waals surface area (Å²) in [6.07, 6.45) is 1.28. The van der Waals surface area contributed by atoms with Crippen molar-refractivity contribution in [3.05, 3.63) is 23.8 Å². The second kappa shape index (κ2) is 5.38. The van der Waals surface area contributed by atoms with Crippen LogP contribution in [0.1, 0.15) is 12.5 Å². The fraction of sp³-hybridized carbons (Fsp3) is 0.538. The van der Waals surface area contributed by atoms with Crippen molar-refractivity contribution in [3.63, 3.8) is 0 Å². The summed E-state index contributed by atoms with van der Waals surface area (Å²) < 4.78 is 30.5. The third-order valence-corrected chi connectivity index (χ3v) is 3.74. The van der Waals surface area contributed by atoms with Gasteiger partial charge in [0.15, 0.2) is 0 Å². The quantitative estimate of drug-likeness (QED) is 0.900. The summed E-state index contributed by atoms with van der Waals surface area (Å²) in [4.78, 5) is 2.15. The summed E-state index contributed by atoms with van der Waals surface area (Å²) in [5, 5.41) is 0. The molecule has 1 atom stereocenters. The van der Waals surface area contributed by atoms with E-state index in [1.165, 1.54) is 6.26 Å². The molecule has 1 N–H and O–H groups in total. The Morgan fingerprint density at radius 3 is 2.89 bits per heavy atom. The Morgan fingerprint density at radius 1 is 1.47 bits per heavy atom. The van der Waals surface area contributed by atoms with E-state index in [0.29, 0.717) is 13.1 Å². The topological polar surface area (TPSA) is 58.6 Å². The average Bonchev–Trinajstić information content (AvgIpc) is 2.26. The van der Waals surface area contributed by atoms with Gasteiger partial charge in [-0.2, -0.15) is 0 Å². The molecule has 0 aliphatic carbocycles. The zero-order chi connectivity index (χ0) is 14.0. The summed E-state index contributed by atoms with van der Waals surface area (Å²) in [5.74, 6) is 0.873. The van der Waals surface area contributed by atoms with Crippen molar-refractivity contribution in [1.82, 2.24) is 4.72 Å². The Balaban J connectivity index is 2.10. The summed E-state index contributed by atoms with van der Waals surface area (Å²) in [7, 11) is -3.13. The molecule has 19 heavy (non-hydrogen) atoms. The minimum atomic E-state index is -3.13. The molecule has 0 saturated carbocycles. The third kappa shape index (κ3) is 3.84. The first-order valence-corrected chi connectivity index (χ1v) is 8.21. The summed E-state index contributed by atoms with van der Waals surface area (Å²) in [5.41, 5.74) is 2.18. The van der Waals surface area contributed by atoms with E-state index < -0.39 is 10.0 Å². The van der Waals surface area contributed by atoms with E-state index in [1.54, 1.807) is 0 Å². The highest BCUT2D eigenvalue weighted by Crippen LogP contribution is 2.33. The second-order valence-electron chi connectivity index (χ2n) is 5.01. The lowest BCUT2D eigenvalue weighted by molar-refractivity contribution is 0.212. The second-order valence-corrected chi connectivity index (χ2v) is 6.85. The van der Waals surface area contributed by atoms with Crippen LogP contribution in [-0.4, -0.2) is 40.4 Å². The van der Waals surface area contributed by atoms with Gasteiger partial charge in [0, 0.05) is 13.1 Å². The van der Waals surface area contributed by atoms with E-state index in [9.17, 15) is 8.42 Å². The fourth-order valence-corrected chi connectivity index (χ4v) is 2.68. The lowest BCUT2D eigenvalue weighted by Gasteiger charge is -2.35. The van der Waals surface area contributed by atoms with Gasteiger partial charge in [-0.1, -0.05) is 6.07 Å². The molecule has 1 aliphatic heterocycles. The molecule has 0 bridgehead atoms. The highest BCUT2D eigenvalue weighted by molar-refractivity contribution is 7.88. The molecule has 0 spiro atoms. The number of anilines is 1. The standard InChI is InChI=1S/C13H20N2O3S/c1-10-4-5-12-13(8-10)18-11(2)9-15(12)7-6-14-19(3,16)17/h4-5,8,11,14H,6-7,9H2,1-3H3/t11-/m1/s1. The molecular formula is C13H20N2O3S. The van der Waals surface area contributed by atoms with Crippen LogP contribution >= 0.6 is 0 Å². The van der Waals surface area contributed by atoms with Crippen LogP contribution in [0.5, 0.6) is 5.75 Å². The molecule has 0 fully saturated rings. The van der Waals surface area contributed by atoms with Crippen LogP contribution in [0.4, 0.5) is 5.69 Å². The van der Waals surface area contributed by atoms with Crippen molar-refractivity contribution in [1.29, 1.82) is 0 Å². The van der Waals surface area contributed by atoms with Gasteiger partial charge in [-0.05, 0) is 31.5 Å². The molecule has 1 aliphatic rings. The zero-order valence-corrected chi connectivity index (χ0v) is 12.3. The van der Waals surface area contributed by atoms with E-state index in [0.717, 1.165) is 23.5 Å². The Labute approximate surface area is 114 Å². The lowest BCUT2D eigenvalue weighted by atomic mass is 10.1. The first-order valence-electron chi connectivity index (χ1n) is 6.32. The van der Waals surface area contributed by atoms with Crippen LogP contribution in [0, 0.1) is 6.92 Å². The van der Waals surface area contributed by atoms with E-state index >= 15 is 0 Å². The van der Waals surface area contributed by atoms with Crippen LogP contribution in [0.2, 0.25) is 0 Å². The number of hydrogen-bond donors (Lipinski definition) is 1. The van der Waals surface area contributed by atoms with Crippen molar-refractivity contribution in [3.8, 4) is 5.75 Å². The van der Waals surface area contributed by atoms with Crippen molar-refractivity contribution >= 4 is 15.7 Å². The number of sulfonamides is 1. The molecule has 1 aromatic carbocycles. The summed E-state index contributed by atoms with van der Waals surface area (Å²) in [6.45, 7) is 5.85. The third-order valence-electron chi connectivity index (χ3n) is 3.01. The number of aryl methyl sites for hydroxylation is 1. The SMILES string of the molecule is Cc1ccc2c(c1)O[C@H](C)CN2CCNS(C)(=O)=O. The highest BCUT2D eigenvalue weighted by atomic mass is 32.2. The molecule has 6 heteroatoms. The van der Waals surface area contributed by atoms with Crippen LogP contribution in [0.25, 0.3) is 0 Å². The van der Waals surface area contributed by atoms with Crippen LogP contribution < -0.4 is 14.4 Å². The van der Waals surface area contributed by atoms with Crippen molar-refractivity contribution in [2.24, 2.45) is 0 Å². The van der Waals surface area contributed by atoms with Crippen LogP contribution in [-0.2, 0) is 10.0 Å². The number of fused-ring (bicyclic) bond motifs is 1. The van der Waals surface area contributed by atoms with E-state index in [2.05, 4.69) is 9.62 Å². The average molecular weight is 284 g/mol. The monoisotopic (exact) mass is 284 g/mol. The van der Waals surface area contributed by atoms with Gasteiger partial charge in [0.2, 0.25) is 10.0 Å².